The minimum Gasteiger partial charge on any atom is -0.490 e. The first-order chi connectivity index (χ1) is 39.4. The van der Waals surface area contributed by atoms with Crippen LogP contribution in [-0.2, 0) is 43.7 Å². The third-order valence-corrected chi connectivity index (χ3v) is 23.7. The van der Waals surface area contributed by atoms with Crippen LogP contribution in [0.15, 0.2) is 72.8 Å². The van der Waals surface area contributed by atoms with Gasteiger partial charge in [-0.25, -0.2) is 26.3 Å². The number of amides is 2. The Morgan fingerprint density at radius 2 is 0.951 bits per heavy atom. The number of anilines is 2. The van der Waals surface area contributed by atoms with Crippen LogP contribution in [0.25, 0.3) is 0 Å². The molecule has 4 aliphatic carbocycles. The van der Waals surface area contributed by atoms with Crippen molar-refractivity contribution in [2.45, 2.75) is 149 Å². The van der Waals surface area contributed by atoms with E-state index in [-0.39, 0.29) is 46.6 Å². The highest BCUT2D eigenvalue weighted by Crippen LogP contribution is 2.49. The molecule has 12 rings (SSSR count). The molecule has 82 heavy (non-hydrogen) atoms. The summed E-state index contributed by atoms with van der Waals surface area (Å²) < 4.78 is 69.4. The molecule has 0 radical (unpaired) electrons. The van der Waals surface area contributed by atoms with E-state index in [0.717, 1.165) is 98.7 Å². The molecule has 444 valence electrons. The van der Waals surface area contributed by atoms with E-state index in [2.05, 4.69) is 43.5 Å². The van der Waals surface area contributed by atoms with Gasteiger partial charge in [0.2, 0.25) is 20.0 Å². The Morgan fingerprint density at radius 1 is 0.537 bits per heavy atom. The molecule has 2 saturated carbocycles. The number of aliphatic hydroxyl groups is 4. The van der Waals surface area contributed by atoms with Crippen molar-refractivity contribution < 1.29 is 56.3 Å². The largest absolute Gasteiger partial charge is 0.490 e. The Hall–Kier alpha value is -4.66. The second kappa shape index (κ2) is 24.4. The number of carbonyl (C=O) groups is 2. The Morgan fingerprint density at radius 3 is 1.34 bits per heavy atom. The molecule has 0 aromatic heterocycles. The highest BCUT2D eigenvalue weighted by molar-refractivity contribution is 7.91. The summed E-state index contributed by atoms with van der Waals surface area (Å²) in [5.74, 6) is 0.843. The maximum atomic E-state index is 13.2. The van der Waals surface area contributed by atoms with Crippen LogP contribution < -0.4 is 28.7 Å². The molecule has 2 amide bonds. The summed E-state index contributed by atoms with van der Waals surface area (Å²) in [6.07, 6.45) is 13.0. The van der Waals surface area contributed by atoms with E-state index in [1.807, 2.05) is 12.1 Å². The monoisotopic (exact) mass is 1200 g/mol. The lowest BCUT2D eigenvalue weighted by molar-refractivity contribution is 0.00881. The van der Waals surface area contributed by atoms with Gasteiger partial charge in [-0.05, 0) is 196 Å². The molecule has 2 fully saturated rings. The normalized spacial score (nSPS) is 31.6. The molecule has 4 aliphatic heterocycles. The molecule has 20 heteroatoms. The lowest BCUT2D eigenvalue weighted by Gasteiger charge is -2.45. The number of halogens is 2. The van der Waals surface area contributed by atoms with Crippen molar-refractivity contribution in [2.75, 3.05) is 62.4 Å². The smallest absolute Gasteiger partial charge is 0.264 e. The first-order valence-corrected chi connectivity index (χ1v) is 33.5. The van der Waals surface area contributed by atoms with Gasteiger partial charge in [0.05, 0.1) is 50.0 Å². The number of nitrogens with one attached hydrogen (secondary N) is 2. The van der Waals surface area contributed by atoms with Crippen LogP contribution in [0.3, 0.4) is 0 Å². The predicted molar refractivity (Wildman–Crippen MR) is 316 cm³/mol. The minimum atomic E-state index is -4.09. The molecule has 6 N–H and O–H groups in total. The zero-order valence-corrected chi connectivity index (χ0v) is 49.6. The van der Waals surface area contributed by atoms with E-state index in [1.54, 1.807) is 36.4 Å². The number of carbonyl (C=O) groups excluding carboxylic acids is 2. The van der Waals surface area contributed by atoms with E-state index in [1.165, 1.54) is 22.3 Å². The molecule has 16 nitrogen and oxygen atoms in total. The second-order valence-corrected chi connectivity index (χ2v) is 29.6. The molecular weight excluding hydrogens is 1130 g/mol. The van der Waals surface area contributed by atoms with Crippen molar-refractivity contribution in [3.05, 3.63) is 116 Å². The first kappa shape index (κ1) is 59.1. The van der Waals surface area contributed by atoms with E-state index >= 15 is 0 Å². The Kier molecular flexibility index (Phi) is 17.6. The Balaban J connectivity index is 0.000000172. The second-order valence-electron chi connectivity index (χ2n) is 24.8. The number of aliphatic hydroxyl groups excluding tert-OH is 4. The molecule has 4 aromatic carbocycles. The summed E-state index contributed by atoms with van der Waals surface area (Å²) in [6.45, 7) is 2.64. The van der Waals surface area contributed by atoms with Gasteiger partial charge in [-0.15, -0.1) is 0 Å². The number of rotatable bonds is 2. The lowest BCUT2D eigenvalue weighted by Crippen LogP contribution is -2.49. The zero-order valence-electron chi connectivity index (χ0n) is 46.5. The molecule has 10 atom stereocenters. The van der Waals surface area contributed by atoms with Crippen LogP contribution >= 0.6 is 23.2 Å². The van der Waals surface area contributed by atoms with Crippen molar-refractivity contribution in [1.82, 2.24) is 9.44 Å². The fourth-order valence-corrected chi connectivity index (χ4v) is 17.7. The quantitative estimate of drug-likeness (QED) is 0.111. The van der Waals surface area contributed by atoms with Crippen LogP contribution in [0.5, 0.6) is 11.5 Å². The number of ether oxygens (including phenoxy) is 2. The molecule has 4 bridgehead atoms. The zero-order chi connectivity index (χ0) is 57.6. The van der Waals surface area contributed by atoms with Gasteiger partial charge in [0, 0.05) is 58.2 Å². The summed E-state index contributed by atoms with van der Waals surface area (Å²) >= 11 is 12.7. The molecule has 2 spiro atoms. The number of benzene rings is 4. The van der Waals surface area contributed by atoms with Crippen LogP contribution in [-0.4, -0.2) is 124 Å². The maximum absolute atomic E-state index is 13.2. The van der Waals surface area contributed by atoms with Crippen molar-refractivity contribution in [3.63, 3.8) is 0 Å². The van der Waals surface area contributed by atoms with Gasteiger partial charge < -0.3 is 39.7 Å². The van der Waals surface area contributed by atoms with Gasteiger partial charge in [-0.2, -0.15) is 0 Å². The third kappa shape index (κ3) is 12.1. The van der Waals surface area contributed by atoms with Crippen molar-refractivity contribution >= 4 is 66.4 Å². The molecule has 4 aromatic rings. The fraction of sp³-hybridized carbons (Fsp3) is 0.581. The third-order valence-electron chi connectivity index (χ3n) is 19.8. The number of nitrogens with zero attached hydrogens (tertiary/aromatic N) is 2. The van der Waals surface area contributed by atoms with E-state index < -0.39 is 67.8 Å². The predicted octanol–water partition coefficient (Wildman–Crippen LogP) is 8.39. The molecule has 0 unspecified atom stereocenters. The van der Waals surface area contributed by atoms with Crippen LogP contribution in [0, 0.1) is 23.7 Å². The first-order valence-electron chi connectivity index (χ1n) is 29.7. The summed E-state index contributed by atoms with van der Waals surface area (Å²) in [6, 6.07) is 22.4. The van der Waals surface area contributed by atoms with Gasteiger partial charge in [-0.1, -0.05) is 61.0 Å². The SMILES string of the molecule is O=C1NS(=O)(=O)[C@@H](CO)CCCC[C@H](O)[C@@H]2CC[C@H]2CN2C[C@@]3(CCCc4cc(Cl)ccc43)COc3ccc1cc32.O=C1NS(=O)(=O)[C@H](CO)CCCC[C@H](O)[C@@H]2CC[C@H]2CN2C[C@@]3(CCCc4cc(Cl)ccc43)COc3ccc1cc32. The number of sulfonamides is 2. The summed E-state index contributed by atoms with van der Waals surface area (Å²) in [5.41, 5.74) is 6.42. The van der Waals surface area contributed by atoms with Crippen LogP contribution in [0.2, 0.25) is 10.0 Å². The number of fused-ring (bicyclic) bond motifs is 8. The van der Waals surface area contributed by atoms with Crippen molar-refractivity contribution in [3.8, 4) is 11.5 Å². The van der Waals surface area contributed by atoms with E-state index in [9.17, 15) is 46.9 Å². The number of aryl methyl sites for hydroxylation is 2. The Labute approximate surface area is 492 Å². The highest BCUT2D eigenvalue weighted by atomic mass is 35.5. The molecule has 8 aliphatic rings. The van der Waals surface area contributed by atoms with E-state index in [4.69, 9.17) is 32.7 Å². The number of hydrogen-bond donors (Lipinski definition) is 6. The van der Waals surface area contributed by atoms with Gasteiger partial charge in [0.25, 0.3) is 11.8 Å². The van der Waals surface area contributed by atoms with Gasteiger partial charge >= 0.3 is 0 Å². The molecular formula is C62H78Cl2N4O12S2. The van der Waals surface area contributed by atoms with Gasteiger partial charge in [0.15, 0.2) is 0 Å². The Bertz CT molecular complexity index is 3050. The molecule has 0 saturated heterocycles. The summed E-state index contributed by atoms with van der Waals surface area (Å²) in [4.78, 5) is 31.1. The average Bonchev–Trinajstić information content (AvgIpc) is 3.92. The van der Waals surface area contributed by atoms with Crippen molar-refractivity contribution in [2.24, 2.45) is 23.7 Å². The van der Waals surface area contributed by atoms with E-state index in [0.29, 0.717) is 88.2 Å². The van der Waals surface area contributed by atoms with Gasteiger partial charge in [-0.3, -0.25) is 9.59 Å². The van der Waals surface area contributed by atoms with Crippen LogP contribution in [0.1, 0.15) is 146 Å². The summed E-state index contributed by atoms with van der Waals surface area (Å²) in [5, 5.41) is 41.1. The standard InChI is InChI=1S/2C31H39ClN2O6S/c2*32-23-9-11-26-20(14-23)4-3-13-31(26)18-34-16-22-7-10-25(22)28(36)6-2-1-5-24(17-35)41(38,39)33-30(37)21-8-12-29(40-19-31)27(34)15-21/h2*8-9,11-12,14-15,22,24-25,28,35-36H,1-7,10,13,16-19H2,(H,33,37)/t22-,24+,25+,28-,31-;22-,24-,25+,28-,31-/m00/s1. The van der Waals surface area contributed by atoms with Gasteiger partial charge in [0.1, 0.15) is 22.0 Å². The summed E-state index contributed by atoms with van der Waals surface area (Å²) in [7, 11) is -8.18. The maximum Gasteiger partial charge on any atom is 0.264 e. The average molecular weight is 1210 g/mol. The molecule has 4 heterocycles. The minimum absolute atomic E-state index is 0.174. The highest BCUT2D eigenvalue weighted by Gasteiger charge is 2.47. The topological polar surface area (TPSA) is 232 Å². The van der Waals surface area contributed by atoms with Crippen LogP contribution in [0.4, 0.5) is 11.4 Å². The van der Waals surface area contributed by atoms with Crippen molar-refractivity contribution in [1.29, 1.82) is 0 Å². The number of hydrogen-bond acceptors (Lipinski definition) is 14. The lowest BCUT2D eigenvalue weighted by atomic mass is 9.68. The fourth-order valence-electron chi connectivity index (χ4n) is 14.8.